The van der Waals surface area contributed by atoms with E-state index in [0.717, 1.165) is 0 Å². The molecule has 4 nitrogen and oxygen atoms in total. The van der Waals surface area contributed by atoms with E-state index in [2.05, 4.69) is 0 Å². The second-order valence-electron chi connectivity index (χ2n) is 3.96. The number of ether oxygens (including phenoxy) is 1. The SMILES string of the molecule is N#CC1(S(=O)(=O)C2CCOCC2)CC1. The van der Waals surface area contributed by atoms with E-state index in [-0.39, 0.29) is 5.25 Å². The Kier molecular flexibility index (Phi) is 2.28. The van der Waals surface area contributed by atoms with E-state index in [0.29, 0.717) is 38.9 Å². The van der Waals surface area contributed by atoms with Crippen LogP contribution in [0.4, 0.5) is 0 Å². The summed E-state index contributed by atoms with van der Waals surface area (Å²) >= 11 is 0. The van der Waals surface area contributed by atoms with Crippen LogP contribution in [-0.2, 0) is 14.6 Å². The van der Waals surface area contributed by atoms with Crippen molar-refractivity contribution >= 4 is 9.84 Å². The summed E-state index contributed by atoms with van der Waals surface area (Å²) in [5.41, 5.74) is 0. The molecule has 1 aliphatic carbocycles. The van der Waals surface area contributed by atoms with Gasteiger partial charge in [0.2, 0.25) is 0 Å². The Balaban J connectivity index is 2.20. The fraction of sp³-hybridized carbons (Fsp3) is 0.889. The monoisotopic (exact) mass is 215 g/mol. The van der Waals surface area contributed by atoms with Gasteiger partial charge in [-0.25, -0.2) is 8.42 Å². The normalized spacial score (nSPS) is 26.8. The van der Waals surface area contributed by atoms with Gasteiger partial charge in [-0.15, -0.1) is 0 Å². The number of nitriles is 1. The highest BCUT2D eigenvalue weighted by Crippen LogP contribution is 2.46. The Morgan fingerprint density at radius 2 is 1.86 bits per heavy atom. The largest absolute Gasteiger partial charge is 0.381 e. The van der Waals surface area contributed by atoms with Gasteiger partial charge in [0.1, 0.15) is 0 Å². The van der Waals surface area contributed by atoms with Crippen LogP contribution in [0.2, 0.25) is 0 Å². The number of hydrogen-bond acceptors (Lipinski definition) is 4. The standard InChI is InChI=1S/C9H13NO3S/c10-7-9(3-4-9)14(11,12)8-1-5-13-6-2-8/h8H,1-6H2. The van der Waals surface area contributed by atoms with Crippen molar-refractivity contribution in [2.24, 2.45) is 0 Å². The Bertz CT molecular complexity index is 358. The molecule has 0 radical (unpaired) electrons. The predicted molar refractivity (Wildman–Crippen MR) is 50.3 cm³/mol. The van der Waals surface area contributed by atoms with Crippen LogP contribution in [0, 0.1) is 11.3 Å². The van der Waals surface area contributed by atoms with Crippen LogP contribution in [0.1, 0.15) is 25.7 Å². The molecule has 2 fully saturated rings. The zero-order valence-electron chi connectivity index (χ0n) is 7.90. The van der Waals surface area contributed by atoms with Crippen molar-refractivity contribution < 1.29 is 13.2 Å². The molecule has 14 heavy (non-hydrogen) atoms. The van der Waals surface area contributed by atoms with Gasteiger partial charge < -0.3 is 4.74 Å². The average Bonchev–Trinajstić information content (AvgIpc) is 3.00. The molecule has 0 atom stereocenters. The molecule has 0 aromatic rings. The molecule has 2 aliphatic rings. The molecule has 1 saturated heterocycles. The highest BCUT2D eigenvalue weighted by Gasteiger charge is 2.57. The quantitative estimate of drug-likeness (QED) is 0.677. The number of hydrogen-bond donors (Lipinski definition) is 0. The van der Waals surface area contributed by atoms with Crippen molar-refractivity contribution in [3.63, 3.8) is 0 Å². The molecule has 0 unspecified atom stereocenters. The number of rotatable bonds is 2. The smallest absolute Gasteiger partial charge is 0.172 e. The van der Waals surface area contributed by atoms with Gasteiger partial charge in [0.25, 0.3) is 0 Å². The van der Waals surface area contributed by atoms with Gasteiger partial charge >= 0.3 is 0 Å². The summed E-state index contributed by atoms with van der Waals surface area (Å²) in [6, 6.07) is 1.96. The Hall–Kier alpha value is -0.600. The molecule has 0 amide bonds. The minimum atomic E-state index is -3.24. The first-order valence-electron chi connectivity index (χ1n) is 4.85. The maximum atomic E-state index is 12.0. The van der Waals surface area contributed by atoms with E-state index >= 15 is 0 Å². The fourth-order valence-corrected chi connectivity index (χ4v) is 4.13. The molecule has 5 heteroatoms. The van der Waals surface area contributed by atoms with Crippen molar-refractivity contribution in [1.82, 2.24) is 0 Å². The Labute approximate surface area is 83.8 Å². The van der Waals surface area contributed by atoms with Crippen LogP contribution in [0.5, 0.6) is 0 Å². The molecule has 1 heterocycles. The van der Waals surface area contributed by atoms with Gasteiger partial charge in [-0.1, -0.05) is 0 Å². The molecule has 0 N–H and O–H groups in total. The lowest BCUT2D eigenvalue weighted by atomic mass is 10.2. The zero-order chi connectivity index (χ0) is 10.2. The lowest BCUT2D eigenvalue weighted by Crippen LogP contribution is -2.36. The van der Waals surface area contributed by atoms with Crippen LogP contribution in [0.3, 0.4) is 0 Å². The second kappa shape index (κ2) is 3.21. The van der Waals surface area contributed by atoms with Crippen LogP contribution >= 0.6 is 0 Å². The minimum absolute atomic E-state index is 0.349. The third kappa shape index (κ3) is 1.33. The first-order valence-corrected chi connectivity index (χ1v) is 6.39. The van der Waals surface area contributed by atoms with E-state index in [1.807, 2.05) is 6.07 Å². The van der Waals surface area contributed by atoms with Crippen molar-refractivity contribution in [2.75, 3.05) is 13.2 Å². The van der Waals surface area contributed by atoms with Crippen molar-refractivity contribution in [3.05, 3.63) is 0 Å². The minimum Gasteiger partial charge on any atom is -0.381 e. The summed E-state index contributed by atoms with van der Waals surface area (Å²) < 4.78 is 28.1. The van der Waals surface area contributed by atoms with E-state index in [9.17, 15) is 8.42 Å². The van der Waals surface area contributed by atoms with E-state index in [4.69, 9.17) is 10.00 Å². The second-order valence-corrected chi connectivity index (χ2v) is 6.50. The third-order valence-corrected chi connectivity index (χ3v) is 6.00. The molecule has 0 bridgehead atoms. The van der Waals surface area contributed by atoms with Crippen LogP contribution in [-0.4, -0.2) is 31.6 Å². The van der Waals surface area contributed by atoms with E-state index in [1.54, 1.807) is 0 Å². The van der Waals surface area contributed by atoms with E-state index in [1.165, 1.54) is 0 Å². The molecule has 78 valence electrons. The summed E-state index contributed by atoms with van der Waals surface area (Å²) in [7, 11) is -3.24. The lowest BCUT2D eigenvalue weighted by molar-refractivity contribution is 0.0982. The molecule has 2 rings (SSSR count). The molecular formula is C9H13NO3S. The van der Waals surface area contributed by atoms with Crippen molar-refractivity contribution in [1.29, 1.82) is 5.26 Å². The molecular weight excluding hydrogens is 202 g/mol. The predicted octanol–water partition coefficient (Wildman–Crippen LogP) is 0.636. The highest BCUT2D eigenvalue weighted by molar-refractivity contribution is 7.94. The van der Waals surface area contributed by atoms with Crippen LogP contribution in [0.25, 0.3) is 0 Å². The molecule has 0 aromatic heterocycles. The summed E-state index contributed by atoms with van der Waals surface area (Å²) in [6.07, 6.45) is 2.13. The highest BCUT2D eigenvalue weighted by atomic mass is 32.2. The molecule has 0 spiro atoms. The van der Waals surface area contributed by atoms with Gasteiger partial charge in [-0.05, 0) is 25.7 Å². The van der Waals surface area contributed by atoms with Crippen molar-refractivity contribution in [2.45, 2.75) is 35.7 Å². The molecule has 1 aliphatic heterocycles. The van der Waals surface area contributed by atoms with Gasteiger partial charge in [-0.2, -0.15) is 5.26 Å². The zero-order valence-corrected chi connectivity index (χ0v) is 8.72. The first kappa shape index (κ1) is 9.94. The lowest BCUT2D eigenvalue weighted by Gasteiger charge is -2.24. The van der Waals surface area contributed by atoms with Gasteiger partial charge in [0, 0.05) is 13.2 Å². The topological polar surface area (TPSA) is 67.2 Å². The molecule has 0 aromatic carbocycles. The summed E-state index contributed by atoms with van der Waals surface area (Å²) in [5.74, 6) is 0. The third-order valence-electron chi connectivity index (χ3n) is 3.06. The average molecular weight is 215 g/mol. The number of nitrogens with zero attached hydrogens (tertiary/aromatic N) is 1. The van der Waals surface area contributed by atoms with Crippen molar-refractivity contribution in [3.8, 4) is 6.07 Å². The Morgan fingerprint density at radius 3 is 2.29 bits per heavy atom. The first-order chi connectivity index (χ1) is 6.62. The number of sulfone groups is 1. The Morgan fingerprint density at radius 1 is 1.29 bits per heavy atom. The van der Waals surface area contributed by atoms with Gasteiger partial charge in [0.15, 0.2) is 14.6 Å². The van der Waals surface area contributed by atoms with Crippen LogP contribution in [0.15, 0.2) is 0 Å². The van der Waals surface area contributed by atoms with Gasteiger partial charge in [0.05, 0.1) is 11.3 Å². The summed E-state index contributed by atoms with van der Waals surface area (Å²) in [5, 5.41) is 8.51. The summed E-state index contributed by atoms with van der Waals surface area (Å²) in [6.45, 7) is 1.01. The van der Waals surface area contributed by atoms with E-state index < -0.39 is 14.6 Å². The maximum absolute atomic E-state index is 12.0. The maximum Gasteiger partial charge on any atom is 0.172 e. The fourth-order valence-electron chi connectivity index (χ4n) is 1.88. The van der Waals surface area contributed by atoms with Gasteiger partial charge in [-0.3, -0.25) is 0 Å². The van der Waals surface area contributed by atoms with Crippen LogP contribution < -0.4 is 0 Å². The summed E-state index contributed by atoms with van der Waals surface area (Å²) in [4.78, 5) is 0. The molecule has 1 saturated carbocycles.